The maximum Gasteiger partial charge on any atom is 0.245 e. The summed E-state index contributed by atoms with van der Waals surface area (Å²) in [6, 6.07) is -0.644. The lowest BCUT2D eigenvalue weighted by Crippen LogP contribution is -2.65. The third-order valence-electron chi connectivity index (χ3n) is 4.34. The molecule has 3 atom stereocenters. The largest absolute Gasteiger partial charge is 0.342 e. The number of carbonyl (C=O) groups is 2. The Bertz CT molecular complexity index is 366. The summed E-state index contributed by atoms with van der Waals surface area (Å²) in [6.07, 6.45) is 2.56. The van der Waals surface area contributed by atoms with E-state index in [1.165, 1.54) is 0 Å². The van der Waals surface area contributed by atoms with E-state index in [2.05, 4.69) is 46.9 Å². The van der Waals surface area contributed by atoms with Crippen molar-refractivity contribution in [2.24, 2.45) is 17.8 Å². The first-order valence-electron chi connectivity index (χ1n) is 8.38. The summed E-state index contributed by atoms with van der Waals surface area (Å²) >= 11 is 0. The molecule has 0 aromatic rings. The van der Waals surface area contributed by atoms with E-state index in [0.717, 1.165) is 19.3 Å². The molecule has 1 aliphatic rings. The maximum absolute atomic E-state index is 12.8. The molecule has 1 heterocycles. The highest BCUT2D eigenvalue weighted by atomic mass is 16.2. The van der Waals surface area contributed by atoms with Crippen molar-refractivity contribution in [1.82, 2.24) is 10.2 Å². The van der Waals surface area contributed by atoms with E-state index in [0.29, 0.717) is 18.4 Å². The van der Waals surface area contributed by atoms with Gasteiger partial charge in [-0.05, 0) is 30.6 Å². The van der Waals surface area contributed by atoms with Crippen LogP contribution < -0.4 is 5.32 Å². The summed E-state index contributed by atoms with van der Waals surface area (Å²) in [5.41, 5.74) is 0. The summed E-state index contributed by atoms with van der Waals surface area (Å²) in [6.45, 7) is 13.3. The minimum Gasteiger partial charge on any atom is -0.342 e. The van der Waals surface area contributed by atoms with Crippen molar-refractivity contribution in [3.05, 3.63) is 0 Å². The van der Waals surface area contributed by atoms with Crippen LogP contribution in [0.3, 0.4) is 0 Å². The highest BCUT2D eigenvalue weighted by molar-refractivity contribution is 5.97. The van der Waals surface area contributed by atoms with E-state index >= 15 is 0 Å². The molecule has 0 saturated carbocycles. The van der Waals surface area contributed by atoms with Gasteiger partial charge < -0.3 is 10.2 Å². The number of rotatable bonds is 7. The third kappa shape index (κ3) is 4.72. The third-order valence-corrected chi connectivity index (χ3v) is 4.34. The van der Waals surface area contributed by atoms with Crippen molar-refractivity contribution in [2.75, 3.05) is 6.54 Å². The van der Waals surface area contributed by atoms with Gasteiger partial charge >= 0.3 is 0 Å². The van der Waals surface area contributed by atoms with E-state index in [-0.39, 0.29) is 29.8 Å². The topological polar surface area (TPSA) is 49.4 Å². The normalized spacial score (nSPS) is 24.7. The fraction of sp³-hybridized carbons (Fsp3) is 0.882. The summed E-state index contributed by atoms with van der Waals surface area (Å²) in [7, 11) is 0. The van der Waals surface area contributed by atoms with Gasteiger partial charge in [0.15, 0.2) is 0 Å². The Morgan fingerprint density at radius 1 is 1.10 bits per heavy atom. The molecule has 1 fully saturated rings. The van der Waals surface area contributed by atoms with Gasteiger partial charge in [0.25, 0.3) is 0 Å². The molecule has 2 amide bonds. The van der Waals surface area contributed by atoms with Crippen LogP contribution in [0.25, 0.3) is 0 Å². The van der Waals surface area contributed by atoms with Crippen LogP contribution in [0.15, 0.2) is 0 Å². The standard InChI is InChI=1S/C17H32N2O2/c1-7-13(6)15-16(20)18-14(10-12(4)5)17(21)19(15)9-8-11(2)3/h11-15H,7-10H2,1-6H3,(H,18,20). The first-order chi connectivity index (χ1) is 9.77. The molecule has 0 spiro atoms. The molecule has 21 heavy (non-hydrogen) atoms. The number of amides is 2. The summed E-state index contributed by atoms with van der Waals surface area (Å²) in [5.74, 6) is 1.25. The number of piperazine rings is 1. The first kappa shape index (κ1) is 18.0. The lowest BCUT2D eigenvalue weighted by molar-refractivity contribution is -0.152. The summed E-state index contributed by atoms with van der Waals surface area (Å²) in [4.78, 5) is 27.1. The predicted molar refractivity (Wildman–Crippen MR) is 85.8 cm³/mol. The molecule has 0 radical (unpaired) electrons. The number of nitrogens with zero attached hydrogens (tertiary/aromatic N) is 1. The van der Waals surface area contributed by atoms with Crippen LogP contribution in [0, 0.1) is 17.8 Å². The molecule has 0 aromatic carbocycles. The van der Waals surface area contributed by atoms with Crippen LogP contribution in [0.2, 0.25) is 0 Å². The molecule has 122 valence electrons. The molecule has 0 aromatic heterocycles. The minimum atomic E-state index is -0.343. The van der Waals surface area contributed by atoms with Crippen molar-refractivity contribution >= 4 is 11.8 Å². The van der Waals surface area contributed by atoms with Gasteiger partial charge in [-0.1, -0.05) is 48.0 Å². The molecule has 1 N–H and O–H groups in total. The smallest absolute Gasteiger partial charge is 0.245 e. The number of hydrogen-bond acceptors (Lipinski definition) is 2. The second kappa shape index (κ2) is 7.81. The van der Waals surface area contributed by atoms with E-state index in [4.69, 9.17) is 0 Å². The lowest BCUT2D eigenvalue weighted by atomic mass is 9.90. The summed E-state index contributed by atoms with van der Waals surface area (Å²) < 4.78 is 0. The average Bonchev–Trinajstić information content (AvgIpc) is 2.39. The first-order valence-corrected chi connectivity index (χ1v) is 8.38. The van der Waals surface area contributed by atoms with E-state index in [1.807, 2.05) is 4.90 Å². The number of carbonyl (C=O) groups excluding carboxylic acids is 2. The van der Waals surface area contributed by atoms with Gasteiger partial charge in [-0.25, -0.2) is 0 Å². The minimum absolute atomic E-state index is 0.0263. The quantitative estimate of drug-likeness (QED) is 0.785. The molecule has 1 rings (SSSR count). The zero-order chi connectivity index (χ0) is 16.2. The zero-order valence-corrected chi connectivity index (χ0v) is 14.5. The Morgan fingerprint density at radius 3 is 2.19 bits per heavy atom. The van der Waals surface area contributed by atoms with Crippen molar-refractivity contribution in [3.8, 4) is 0 Å². The van der Waals surface area contributed by atoms with Gasteiger partial charge in [-0.3, -0.25) is 9.59 Å². The van der Waals surface area contributed by atoms with Gasteiger partial charge in [0, 0.05) is 6.54 Å². The molecule has 4 heteroatoms. The van der Waals surface area contributed by atoms with Crippen LogP contribution in [0.1, 0.15) is 60.8 Å². The zero-order valence-electron chi connectivity index (χ0n) is 14.5. The number of nitrogens with one attached hydrogen (secondary N) is 1. The Hall–Kier alpha value is -1.06. The van der Waals surface area contributed by atoms with E-state index in [9.17, 15) is 9.59 Å². The SMILES string of the molecule is CCC(C)C1C(=O)NC(CC(C)C)C(=O)N1CCC(C)C. The van der Waals surface area contributed by atoms with Crippen LogP contribution in [0.5, 0.6) is 0 Å². The van der Waals surface area contributed by atoms with Gasteiger partial charge in [0.2, 0.25) is 11.8 Å². The Morgan fingerprint density at radius 2 is 1.71 bits per heavy atom. The van der Waals surface area contributed by atoms with Gasteiger partial charge in [-0.2, -0.15) is 0 Å². The second-order valence-corrected chi connectivity index (χ2v) is 7.24. The number of hydrogen-bond donors (Lipinski definition) is 1. The maximum atomic E-state index is 12.8. The monoisotopic (exact) mass is 296 g/mol. The van der Waals surface area contributed by atoms with Crippen molar-refractivity contribution in [1.29, 1.82) is 0 Å². The molecule has 0 aliphatic carbocycles. The lowest BCUT2D eigenvalue weighted by Gasteiger charge is -2.42. The average molecular weight is 296 g/mol. The summed E-state index contributed by atoms with van der Waals surface area (Å²) in [5, 5.41) is 2.95. The van der Waals surface area contributed by atoms with Crippen molar-refractivity contribution in [2.45, 2.75) is 72.9 Å². The fourth-order valence-corrected chi connectivity index (χ4v) is 2.86. The van der Waals surface area contributed by atoms with Gasteiger partial charge in [0.1, 0.15) is 12.1 Å². The van der Waals surface area contributed by atoms with Crippen LogP contribution >= 0.6 is 0 Å². The molecule has 4 nitrogen and oxygen atoms in total. The second-order valence-electron chi connectivity index (χ2n) is 7.24. The van der Waals surface area contributed by atoms with E-state index < -0.39 is 0 Å². The Balaban J connectivity index is 2.93. The molecule has 1 saturated heterocycles. The highest BCUT2D eigenvalue weighted by Crippen LogP contribution is 2.23. The van der Waals surface area contributed by atoms with E-state index in [1.54, 1.807) is 0 Å². The van der Waals surface area contributed by atoms with Crippen LogP contribution in [-0.4, -0.2) is 35.3 Å². The molecule has 1 aliphatic heterocycles. The van der Waals surface area contributed by atoms with Crippen molar-refractivity contribution < 1.29 is 9.59 Å². The van der Waals surface area contributed by atoms with Crippen LogP contribution in [-0.2, 0) is 9.59 Å². The molecule has 3 unspecified atom stereocenters. The highest BCUT2D eigenvalue weighted by Gasteiger charge is 2.42. The van der Waals surface area contributed by atoms with Crippen molar-refractivity contribution in [3.63, 3.8) is 0 Å². The van der Waals surface area contributed by atoms with Gasteiger partial charge in [0.05, 0.1) is 0 Å². The Kier molecular flexibility index (Phi) is 6.69. The van der Waals surface area contributed by atoms with Gasteiger partial charge in [-0.15, -0.1) is 0 Å². The molecule has 0 bridgehead atoms. The predicted octanol–water partition coefficient (Wildman–Crippen LogP) is 2.82. The Labute approximate surface area is 129 Å². The molecular weight excluding hydrogens is 264 g/mol. The fourth-order valence-electron chi connectivity index (χ4n) is 2.86. The van der Waals surface area contributed by atoms with Crippen LogP contribution in [0.4, 0.5) is 0 Å². The molecular formula is C17H32N2O2.